The summed E-state index contributed by atoms with van der Waals surface area (Å²) in [6.45, 7) is 0. The van der Waals surface area contributed by atoms with E-state index in [1.54, 1.807) is 41.0 Å². The number of carbonyl (C=O) groups is 1. The highest BCUT2D eigenvalue weighted by molar-refractivity contribution is 9.11. The molecule has 0 saturated carbocycles. The van der Waals surface area contributed by atoms with Crippen molar-refractivity contribution >= 4 is 72.6 Å². The predicted octanol–water partition coefficient (Wildman–Crippen LogP) is 4.72. The highest BCUT2D eigenvalue weighted by atomic mass is 79.9. The van der Waals surface area contributed by atoms with E-state index >= 15 is 0 Å². The van der Waals surface area contributed by atoms with Gasteiger partial charge >= 0.3 is 0 Å². The van der Waals surface area contributed by atoms with Crippen LogP contribution in [-0.2, 0) is 4.79 Å². The van der Waals surface area contributed by atoms with Crippen LogP contribution in [-0.4, -0.2) is 21.2 Å². The highest BCUT2D eigenvalue weighted by Crippen LogP contribution is 2.25. The second-order valence-electron chi connectivity index (χ2n) is 5.61. The van der Waals surface area contributed by atoms with Crippen molar-refractivity contribution in [3.05, 3.63) is 72.9 Å². The summed E-state index contributed by atoms with van der Waals surface area (Å²) in [6, 6.07) is 13.6. The van der Waals surface area contributed by atoms with E-state index < -0.39 is 5.56 Å². The summed E-state index contributed by atoms with van der Waals surface area (Å²) in [6.07, 6.45) is 0. The number of hydrogen-bond donors (Lipinski definition) is 2. The summed E-state index contributed by atoms with van der Waals surface area (Å²) in [5.74, 6) is 0.0311. The van der Waals surface area contributed by atoms with Gasteiger partial charge in [-0.25, -0.2) is 0 Å². The number of halogens is 3. The SMILES string of the molecule is Nc1cc(=O)nc(SCC(=O)Nc2cc(Br)cc(Br)c2)n1-c1ccc(Cl)cc1. The van der Waals surface area contributed by atoms with Crippen molar-refractivity contribution < 1.29 is 4.79 Å². The van der Waals surface area contributed by atoms with E-state index in [9.17, 15) is 9.59 Å². The first-order valence-corrected chi connectivity index (χ1v) is 10.8. The van der Waals surface area contributed by atoms with Gasteiger partial charge in [-0.1, -0.05) is 55.2 Å². The molecule has 0 atom stereocenters. The Balaban J connectivity index is 1.81. The topological polar surface area (TPSA) is 90.0 Å². The van der Waals surface area contributed by atoms with E-state index in [0.29, 0.717) is 21.6 Å². The maximum atomic E-state index is 12.3. The molecule has 0 saturated heterocycles. The number of nitrogens with two attached hydrogens (primary N) is 1. The molecule has 0 radical (unpaired) electrons. The molecule has 0 aliphatic heterocycles. The number of benzene rings is 2. The van der Waals surface area contributed by atoms with E-state index in [4.69, 9.17) is 17.3 Å². The van der Waals surface area contributed by atoms with Gasteiger partial charge in [0.05, 0.1) is 5.75 Å². The van der Waals surface area contributed by atoms with Crippen molar-refractivity contribution in [2.24, 2.45) is 0 Å². The van der Waals surface area contributed by atoms with Crippen molar-refractivity contribution in [2.75, 3.05) is 16.8 Å². The molecule has 0 bridgehead atoms. The number of aromatic nitrogens is 2. The van der Waals surface area contributed by atoms with Crippen LogP contribution in [0.5, 0.6) is 0 Å². The van der Waals surface area contributed by atoms with Crippen LogP contribution < -0.4 is 16.6 Å². The van der Waals surface area contributed by atoms with Gasteiger partial charge in [0.1, 0.15) is 5.82 Å². The van der Waals surface area contributed by atoms with Crippen LogP contribution in [0.15, 0.2) is 67.4 Å². The van der Waals surface area contributed by atoms with Crippen molar-refractivity contribution in [3.8, 4) is 5.69 Å². The molecule has 1 heterocycles. The molecule has 28 heavy (non-hydrogen) atoms. The van der Waals surface area contributed by atoms with Gasteiger partial charge in [0.15, 0.2) is 5.16 Å². The number of amides is 1. The molecule has 0 aliphatic carbocycles. The van der Waals surface area contributed by atoms with Crippen LogP contribution in [0.25, 0.3) is 5.69 Å². The summed E-state index contributed by atoms with van der Waals surface area (Å²) in [5.41, 5.74) is 6.88. The van der Waals surface area contributed by atoms with E-state index in [1.807, 2.05) is 6.07 Å². The van der Waals surface area contributed by atoms with Crippen LogP contribution in [0.2, 0.25) is 5.02 Å². The van der Waals surface area contributed by atoms with Crippen molar-refractivity contribution in [3.63, 3.8) is 0 Å². The molecule has 3 N–H and O–H groups in total. The fourth-order valence-corrected chi connectivity index (χ4v) is 4.62. The predicted molar refractivity (Wildman–Crippen MR) is 120 cm³/mol. The largest absolute Gasteiger partial charge is 0.385 e. The van der Waals surface area contributed by atoms with Gasteiger partial charge in [0.2, 0.25) is 5.91 Å². The minimum absolute atomic E-state index is 0.0492. The van der Waals surface area contributed by atoms with Gasteiger partial charge in [-0.3, -0.25) is 14.2 Å². The van der Waals surface area contributed by atoms with Crippen LogP contribution in [0, 0.1) is 0 Å². The Labute approximate surface area is 186 Å². The Hall–Kier alpha value is -1.81. The number of nitrogens with one attached hydrogen (secondary N) is 1. The van der Waals surface area contributed by atoms with E-state index in [1.165, 1.54) is 6.07 Å². The first-order chi connectivity index (χ1) is 13.3. The van der Waals surface area contributed by atoms with E-state index in [-0.39, 0.29) is 17.5 Å². The van der Waals surface area contributed by atoms with E-state index in [0.717, 1.165) is 20.7 Å². The van der Waals surface area contributed by atoms with Gasteiger partial charge in [-0.2, -0.15) is 4.98 Å². The van der Waals surface area contributed by atoms with Gasteiger partial charge < -0.3 is 11.1 Å². The number of anilines is 2. The molecule has 2 aromatic carbocycles. The smallest absolute Gasteiger partial charge is 0.275 e. The molecule has 1 amide bonds. The molecule has 3 rings (SSSR count). The molecule has 10 heteroatoms. The second kappa shape index (κ2) is 9.13. The Morgan fingerprint density at radius 2 is 1.79 bits per heavy atom. The van der Waals surface area contributed by atoms with Crippen molar-refractivity contribution in [1.82, 2.24) is 9.55 Å². The van der Waals surface area contributed by atoms with Crippen LogP contribution in [0.3, 0.4) is 0 Å². The molecule has 0 spiro atoms. The molecular weight excluding hydrogens is 532 g/mol. The quantitative estimate of drug-likeness (QED) is 0.358. The number of nitrogen functional groups attached to an aromatic ring is 1. The Kier molecular flexibility index (Phi) is 6.82. The summed E-state index contributed by atoms with van der Waals surface area (Å²) in [4.78, 5) is 28.2. The summed E-state index contributed by atoms with van der Waals surface area (Å²) >= 11 is 13.8. The van der Waals surface area contributed by atoms with E-state index in [2.05, 4.69) is 42.2 Å². The average molecular weight is 545 g/mol. The number of carbonyl (C=O) groups excluding carboxylic acids is 1. The van der Waals surface area contributed by atoms with Crippen molar-refractivity contribution in [2.45, 2.75) is 5.16 Å². The lowest BCUT2D eigenvalue weighted by molar-refractivity contribution is -0.113. The van der Waals surface area contributed by atoms with Crippen LogP contribution >= 0.6 is 55.2 Å². The maximum Gasteiger partial charge on any atom is 0.275 e. The minimum atomic E-state index is -0.471. The maximum absolute atomic E-state index is 12.3. The lowest BCUT2D eigenvalue weighted by atomic mass is 10.3. The lowest BCUT2D eigenvalue weighted by Crippen LogP contribution is -2.19. The summed E-state index contributed by atoms with van der Waals surface area (Å²) < 4.78 is 3.27. The van der Waals surface area contributed by atoms with Crippen LogP contribution in [0.1, 0.15) is 0 Å². The third-order valence-electron chi connectivity index (χ3n) is 3.49. The minimum Gasteiger partial charge on any atom is -0.385 e. The summed E-state index contributed by atoms with van der Waals surface area (Å²) in [7, 11) is 0. The Bertz CT molecular complexity index is 1070. The first kappa shape index (κ1) is 20.9. The zero-order chi connectivity index (χ0) is 20.3. The number of thioether (sulfide) groups is 1. The molecule has 0 fully saturated rings. The molecular formula is C18H13Br2ClN4O2S. The number of nitrogens with zero attached hydrogens (tertiary/aromatic N) is 2. The number of hydrogen-bond acceptors (Lipinski definition) is 5. The molecule has 6 nitrogen and oxygen atoms in total. The Morgan fingerprint density at radius 1 is 1.14 bits per heavy atom. The molecule has 1 aromatic heterocycles. The zero-order valence-electron chi connectivity index (χ0n) is 14.2. The molecule has 144 valence electrons. The fourth-order valence-electron chi connectivity index (χ4n) is 2.38. The lowest BCUT2D eigenvalue weighted by Gasteiger charge is -2.15. The monoisotopic (exact) mass is 542 g/mol. The fraction of sp³-hybridized carbons (Fsp3) is 0.0556. The zero-order valence-corrected chi connectivity index (χ0v) is 18.9. The number of rotatable bonds is 5. The van der Waals surface area contributed by atoms with Gasteiger partial charge in [0.25, 0.3) is 5.56 Å². The summed E-state index contributed by atoms with van der Waals surface area (Å²) in [5, 5.41) is 3.70. The molecule has 0 aliphatic rings. The standard InChI is InChI=1S/C18H13Br2ClN4O2S/c19-10-5-11(20)7-13(6-10)23-17(27)9-28-18-24-16(26)8-15(22)25(18)14-3-1-12(21)2-4-14/h1-8H,9,22H2,(H,23,27). The Morgan fingerprint density at radius 3 is 2.43 bits per heavy atom. The molecule has 0 unspecified atom stereocenters. The highest BCUT2D eigenvalue weighted by Gasteiger charge is 2.13. The third kappa shape index (κ3) is 5.38. The van der Waals surface area contributed by atoms with Crippen LogP contribution in [0.4, 0.5) is 11.5 Å². The second-order valence-corrected chi connectivity index (χ2v) is 8.82. The molecule has 3 aromatic rings. The van der Waals surface area contributed by atoms with Gasteiger partial charge in [0, 0.05) is 31.4 Å². The van der Waals surface area contributed by atoms with Gasteiger partial charge in [-0.05, 0) is 42.5 Å². The normalized spacial score (nSPS) is 10.7. The van der Waals surface area contributed by atoms with Gasteiger partial charge in [-0.15, -0.1) is 0 Å². The third-order valence-corrected chi connectivity index (χ3v) is 5.60. The first-order valence-electron chi connectivity index (χ1n) is 7.86. The average Bonchev–Trinajstić information content (AvgIpc) is 2.60. The van der Waals surface area contributed by atoms with Crippen molar-refractivity contribution in [1.29, 1.82) is 0 Å².